The van der Waals surface area contributed by atoms with E-state index in [0.717, 1.165) is 5.69 Å². The molecule has 0 saturated heterocycles. The average molecular weight is 398 g/mol. The van der Waals surface area contributed by atoms with E-state index in [2.05, 4.69) is 15.4 Å². The Labute approximate surface area is 168 Å². The fraction of sp³-hybridized carbons (Fsp3) is 0.286. The first-order valence-corrected chi connectivity index (χ1v) is 9.23. The molecule has 7 nitrogen and oxygen atoms in total. The van der Waals surface area contributed by atoms with Crippen LogP contribution in [0.4, 0.5) is 10.1 Å². The molecule has 3 aromatic rings. The molecule has 2 heterocycles. The number of nitrogens with zero attached hydrogens (tertiary/aromatic N) is 3. The number of benzene rings is 1. The van der Waals surface area contributed by atoms with Gasteiger partial charge in [-0.15, -0.1) is 0 Å². The summed E-state index contributed by atoms with van der Waals surface area (Å²) in [5.41, 5.74) is 1.46. The van der Waals surface area contributed by atoms with Gasteiger partial charge in [-0.05, 0) is 30.2 Å². The number of rotatable bonds is 8. The number of nitrogens with one attached hydrogen (secondary N) is 1. The maximum Gasteiger partial charge on any atom is 0.259 e. The van der Waals surface area contributed by atoms with Crippen LogP contribution in [0.1, 0.15) is 35.8 Å². The second-order valence-electron chi connectivity index (χ2n) is 6.64. The third kappa shape index (κ3) is 4.78. The lowest BCUT2D eigenvalue weighted by atomic mass is 10.1. The summed E-state index contributed by atoms with van der Waals surface area (Å²) in [5, 5.41) is 7.05. The van der Waals surface area contributed by atoms with Gasteiger partial charge in [-0.1, -0.05) is 19.9 Å². The van der Waals surface area contributed by atoms with Gasteiger partial charge in [-0.3, -0.25) is 4.79 Å². The molecule has 1 N–H and O–H groups in total. The number of amides is 1. The Hall–Kier alpha value is -3.26. The van der Waals surface area contributed by atoms with Gasteiger partial charge in [0.05, 0.1) is 24.1 Å². The second kappa shape index (κ2) is 9.29. The van der Waals surface area contributed by atoms with Crippen molar-refractivity contribution in [3.05, 3.63) is 65.9 Å². The maximum atomic E-state index is 14.2. The molecule has 0 aliphatic rings. The molecule has 0 spiro atoms. The number of aromatic nitrogens is 3. The van der Waals surface area contributed by atoms with Crippen molar-refractivity contribution in [2.45, 2.75) is 19.8 Å². The predicted octanol–water partition coefficient (Wildman–Crippen LogP) is 3.81. The zero-order valence-electron chi connectivity index (χ0n) is 16.6. The Morgan fingerprint density at radius 1 is 1.24 bits per heavy atom. The second-order valence-corrected chi connectivity index (χ2v) is 6.64. The fourth-order valence-electron chi connectivity index (χ4n) is 2.88. The van der Waals surface area contributed by atoms with Crippen LogP contribution in [-0.2, 0) is 4.74 Å². The summed E-state index contributed by atoms with van der Waals surface area (Å²) < 4.78 is 26.0. The summed E-state index contributed by atoms with van der Waals surface area (Å²) in [4.78, 5) is 17.1. The molecule has 1 amide bonds. The van der Waals surface area contributed by atoms with E-state index in [0.29, 0.717) is 23.7 Å². The molecule has 2 aromatic heterocycles. The number of halogens is 1. The first-order chi connectivity index (χ1) is 14.0. The standard InChI is InChI=1S/C21H23FN4O3/c1-14(2)20-16(13-24-26(20)19-6-4-5-9-23-19)21(27)25-15-7-8-18(17(22)12-15)29-11-10-28-3/h4-9,12-14H,10-11H2,1-3H3,(H,25,27). The lowest BCUT2D eigenvalue weighted by Gasteiger charge is -2.13. The van der Waals surface area contributed by atoms with Crippen LogP contribution in [0.15, 0.2) is 48.8 Å². The van der Waals surface area contributed by atoms with Crippen LogP contribution >= 0.6 is 0 Å². The van der Waals surface area contributed by atoms with Crippen LogP contribution in [0.5, 0.6) is 5.75 Å². The van der Waals surface area contributed by atoms with E-state index < -0.39 is 5.82 Å². The van der Waals surface area contributed by atoms with Crippen LogP contribution in [0.2, 0.25) is 0 Å². The number of carbonyl (C=O) groups is 1. The van der Waals surface area contributed by atoms with Gasteiger partial charge in [0, 0.05) is 25.1 Å². The van der Waals surface area contributed by atoms with Gasteiger partial charge in [0.2, 0.25) is 0 Å². The van der Waals surface area contributed by atoms with E-state index in [1.54, 1.807) is 24.1 Å². The molecular weight excluding hydrogens is 375 g/mol. The smallest absolute Gasteiger partial charge is 0.259 e. The van der Waals surface area contributed by atoms with Crippen LogP contribution < -0.4 is 10.1 Å². The molecule has 1 aromatic carbocycles. The largest absolute Gasteiger partial charge is 0.488 e. The first kappa shape index (κ1) is 20.5. The summed E-state index contributed by atoms with van der Waals surface area (Å²) in [6.07, 6.45) is 3.16. The van der Waals surface area contributed by atoms with Crippen molar-refractivity contribution in [2.75, 3.05) is 25.6 Å². The number of hydrogen-bond donors (Lipinski definition) is 1. The van der Waals surface area contributed by atoms with Crippen molar-refractivity contribution in [3.8, 4) is 11.6 Å². The van der Waals surface area contributed by atoms with E-state index in [1.807, 2.05) is 32.0 Å². The average Bonchev–Trinajstić information content (AvgIpc) is 3.16. The highest BCUT2D eigenvalue weighted by Crippen LogP contribution is 2.25. The van der Waals surface area contributed by atoms with Crippen molar-refractivity contribution >= 4 is 11.6 Å². The quantitative estimate of drug-likeness (QED) is 0.584. The zero-order valence-corrected chi connectivity index (χ0v) is 16.6. The minimum absolute atomic E-state index is 0.0218. The summed E-state index contributed by atoms with van der Waals surface area (Å²) in [5.74, 6) is -0.186. The van der Waals surface area contributed by atoms with Crippen LogP contribution in [0.3, 0.4) is 0 Å². The SMILES string of the molecule is COCCOc1ccc(NC(=O)c2cnn(-c3ccccn3)c2C(C)C)cc1F. The molecule has 8 heteroatoms. The van der Waals surface area contributed by atoms with Crippen LogP contribution in [0.25, 0.3) is 5.82 Å². The number of anilines is 1. The Balaban J connectivity index is 1.81. The molecule has 0 unspecified atom stereocenters. The van der Waals surface area contributed by atoms with Gasteiger partial charge in [0.1, 0.15) is 6.61 Å². The lowest BCUT2D eigenvalue weighted by Crippen LogP contribution is -2.16. The summed E-state index contributed by atoms with van der Waals surface area (Å²) in [6, 6.07) is 9.76. The number of carbonyl (C=O) groups excluding carboxylic acids is 1. The van der Waals surface area contributed by atoms with E-state index in [9.17, 15) is 9.18 Å². The predicted molar refractivity (Wildman–Crippen MR) is 107 cm³/mol. The zero-order chi connectivity index (χ0) is 20.8. The Kier molecular flexibility index (Phi) is 6.56. The van der Waals surface area contributed by atoms with Gasteiger partial charge in [0.25, 0.3) is 5.91 Å². The molecule has 3 rings (SSSR count). The van der Waals surface area contributed by atoms with Gasteiger partial charge < -0.3 is 14.8 Å². The number of hydrogen-bond acceptors (Lipinski definition) is 5. The van der Waals surface area contributed by atoms with E-state index in [-0.39, 0.29) is 24.2 Å². The monoisotopic (exact) mass is 398 g/mol. The third-order valence-electron chi connectivity index (χ3n) is 4.20. The topological polar surface area (TPSA) is 78.3 Å². The van der Waals surface area contributed by atoms with E-state index in [4.69, 9.17) is 9.47 Å². The Morgan fingerprint density at radius 3 is 2.72 bits per heavy atom. The minimum Gasteiger partial charge on any atom is -0.488 e. The lowest BCUT2D eigenvalue weighted by molar-refractivity contribution is 0.102. The van der Waals surface area contributed by atoms with Gasteiger partial charge >= 0.3 is 0 Å². The third-order valence-corrected chi connectivity index (χ3v) is 4.20. The molecule has 0 fully saturated rings. The first-order valence-electron chi connectivity index (χ1n) is 9.23. The highest BCUT2D eigenvalue weighted by molar-refractivity contribution is 6.05. The molecule has 152 valence electrons. The normalized spacial score (nSPS) is 10.9. The van der Waals surface area contributed by atoms with Crippen molar-refractivity contribution in [1.29, 1.82) is 0 Å². The summed E-state index contributed by atoms with van der Waals surface area (Å²) >= 11 is 0. The fourth-order valence-corrected chi connectivity index (χ4v) is 2.88. The molecule has 0 saturated carbocycles. The van der Waals surface area contributed by atoms with Crippen molar-refractivity contribution in [1.82, 2.24) is 14.8 Å². The van der Waals surface area contributed by atoms with Crippen molar-refractivity contribution in [2.24, 2.45) is 0 Å². The van der Waals surface area contributed by atoms with E-state index >= 15 is 0 Å². The Morgan fingerprint density at radius 2 is 2.07 bits per heavy atom. The molecular formula is C21H23FN4O3. The molecule has 0 radical (unpaired) electrons. The highest BCUT2D eigenvalue weighted by atomic mass is 19.1. The highest BCUT2D eigenvalue weighted by Gasteiger charge is 2.21. The molecule has 0 aliphatic carbocycles. The minimum atomic E-state index is -0.563. The molecule has 0 aliphatic heterocycles. The summed E-state index contributed by atoms with van der Waals surface area (Å²) in [6.45, 7) is 4.54. The van der Waals surface area contributed by atoms with Crippen molar-refractivity contribution in [3.63, 3.8) is 0 Å². The Bertz CT molecular complexity index is 973. The molecule has 0 atom stereocenters. The number of methoxy groups -OCH3 is 1. The van der Waals surface area contributed by atoms with Crippen molar-refractivity contribution < 1.29 is 18.7 Å². The van der Waals surface area contributed by atoms with Crippen LogP contribution in [-0.4, -0.2) is 41.0 Å². The van der Waals surface area contributed by atoms with Gasteiger partial charge in [0.15, 0.2) is 17.4 Å². The maximum absolute atomic E-state index is 14.2. The molecule has 0 bridgehead atoms. The molecule has 29 heavy (non-hydrogen) atoms. The summed E-state index contributed by atoms with van der Waals surface area (Å²) in [7, 11) is 1.54. The van der Waals surface area contributed by atoms with Crippen LogP contribution in [0, 0.1) is 5.82 Å². The number of pyridine rings is 1. The van der Waals surface area contributed by atoms with E-state index in [1.165, 1.54) is 18.3 Å². The number of ether oxygens (including phenoxy) is 2. The van der Waals surface area contributed by atoms with Gasteiger partial charge in [-0.2, -0.15) is 5.10 Å². The van der Waals surface area contributed by atoms with Gasteiger partial charge in [-0.25, -0.2) is 14.1 Å².